The molecule has 0 aliphatic carbocycles. The molecule has 1 fully saturated rings. The molecule has 0 aromatic carbocycles. The van der Waals surface area contributed by atoms with Crippen molar-refractivity contribution in [2.24, 2.45) is 0 Å². The Morgan fingerprint density at radius 1 is 1.40 bits per heavy atom. The molecule has 15 heavy (non-hydrogen) atoms. The molecule has 0 bridgehead atoms. The molecule has 0 radical (unpaired) electrons. The van der Waals surface area contributed by atoms with Gasteiger partial charge >= 0.3 is 0 Å². The van der Waals surface area contributed by atoms with Gasteiger partial charge < -0.3 is 10.2 Å². The Kier molecular flexibility index (Phi) is 3.16. The highest BCUT2D eigenvalue weighted by Crippen LogP contribution is 2.15. The first-order valence-corrected chi connectivity index (χ1v) is 5.51. The fraction of sp³-hybridized carbons (Fsp3) is 0.636. The lowest BCUT2D eigenvalue weighted by Gasteiger charge is -2.32. The zero-order valence-electron chi connectivity index (χ0n) is 9.40. The molecule has 2 heterocycles. The first-order valence-electron chi connectivity index (χ1n) is 5.51. The van der Waals surface area contributed by atoms with Crippen molar-refractivity contribution in [3.63, 3.8) is 0 Å². The summed E-state index contributed by atoms with van der Waals surface area (Å²) < 4.78 is 0. The van der Waals surface area contributed by atoms with Gasteiger partial charge in [0.1, 0.15) is 0 Å². The van der Waals surface area contributed by atoms with Gasteiger partial charge in [0.15, 0.2) is 5.82 Å². The van der Waals surface area contributed by atoms with E-state index in [4.69, 9.17) is 0 Å². The van der Waals surface area contributed by atoms with Gasteiger partial charge in [-0.15, -0.1) is 5.10 Å². The number of hydrogen-bond donors (Lipinski definition) is 1. The van der Waals surface area contributed by atoms with E-state index < -0.39 is 0 Å². The number of nitrogens with zero attached hydrogens (tertiary/aromatic N) is 3. The summed E-state index contributed by atoms with van der Waals surface area (Å²) in [5.41, 5.74) is 0.967. The Bertz CT molecular complexity index is 303. The molecule has 0 unspecified atom stereocenters. The molecule has 1 aromatic rings. The lowest BCUT2D eigenvalue weighted by atomic mass is 10.1. The molecule has 0 spiro atoms. The summed E-state index contributed by atoms with van der Waals surface area (Å²) in [4.78, 5) is 2.22. The molecule has 1 aliphatic heterocycles. The molecular weight excluding hydrogens is 188 g/mol. The normalized spacial score (nSPS) is 21.3. The van der Waals surface area contributed by atoms with Crippen molar-refractivity contribution in [2.45, 2.75) is 25.8 Å². The van der Waals surface area contributed by atoms with Crippen LogP contribution in [-0.2, 0) is 0 Å². The lowest BCUT2D eigenvalue weighted by molar-refractivity contribution is 0.442. The molecule has 0 saturated carbocycles. The van der Waals surface area contributed by atoms with Gasteiger partial charge in [-0.05, 0) is 38.4 Å². The number of likely N-dealkylation sites (N-methyl/N-ethyl adjacent to an activating group) is 1. The van der Waals surface area contributed by atoms with Crippen molar-refractivity contribution in [3.8, 4) is 0 Å². The van der Waals surface area contributed by atoms with Gasteiger partial charge in [-0.1, -0.05) is 0 Å². The van der Waals surface area contributed by atoms with Gasteiger partial charge in [0.2, 0.25) is 0 Å². The van der Waals surface area contributed by atoms with Gasteiger partial charge in [0, 0.05) is 19.6 Å². The highest BCUT2D eigenvalue weighted by Gasteiger charge is 2.18. The molecule has 4 nitrogen and oxygen atoms in total. The van der Waals surface area contributed by atoms with Crippen molar-refractivity contribution >= 4 is 5.82 Å². The highest BCUT2D eigenvalue weighted by molar-refractivity contribution is 5.37. The summed E-state index contributed by atoms with van der Waals surface area (Å²) >= 11 is 0. The Balaban J connectivity index is 2.05. The summed E-state index contributed by atoms with van der Waals surface area (Å²) in [6.45, 7) is 4.15. The maximum absolute atomic E-state index is 4.20. The standard InChI is InChI=1S/C11H18N4/c1-9-5-6-11(14-13-9)15(2)10-4-3-7-12-8-10/h5-6,10,12H,3-4,7-8H2,1-2H3/t10-/m1/s1. The topological polar surface area (TPSA) is 41.0 Å². The highest BCUT2D eigenvalue weighted by atomic mass is 15.3. The Morgan fingerprint density at radius 2 is 2.27 bits per heavy atom. The first kappa shape index (κ1) is 10.4. The zero-order valence-corrected chi connectivity index (χ0v) is 9.40. The van der Waals surface area contributed by atoms with E-state index >= 15 is 0 Å². The molecule has 1 aromatic heterocycles. The monoisotopic (exact) mass is 206 g/mol. The number of nitrogens with one attached hydrogen (secondary N) is 1. The van der Waals surface area contributed by atoms with Gasteiger partial charge in [-0.25, -0.2) is 0 Å². The van der Waals surface area contributed by atoms with Gasteiger partial charge in [0.05, 0.1) is 5.69 Å². The molecule has 0 amide bonds. The van der Waals surface area contributed by atoms with E-state index in [1.54, 1.807) is 0 Å². The van der Waals surface area contributed by atoms with E-state index in [1.165, 1.54) is 12.8 Å². The molecule has 1 aliphatic rings. The second-order valence-corrected chi connectivity index (χ2v) is 4.14. The molecular formula is C11H18N4. The van der Waals surface area contributed by atoms with Crippen LogP contribution in [0.5, 0.6) is 0 Å². The van der Waals surface area contributed by atoms with Crippen LogP contribution in [0.4, 0.5) is 5.82 Å². The Morgan fingerprint density at radius 3 is 2.87 bits per heavy atom. The van der Waals surface area contributed by atoms with E-state index in [-0.39, 0.29) is 0 Å². The van der Waals surface area contributed by atoms with E-state index in [0.717, 1.165) is 24.6 Å². The van der Waals surface area contributed by atoms with Crippen LogP contribution in [0, 0.1) is 6.92 Å². The predicted molar refractivity (Wildman–Crippen MR) is 61.1 cm³/mol. The number of piperidine rings is 1. The SMILES string of the molecule is Cc1ccc(N(C)[C@@H]2CCCNC2)nn1. The zero-order chi connectivity index (χ0) is 10.7. The molecule has 1 N–H and O–H groups in total. The summed E-state index contributed by atoms with van der Waals surface area (Å²) in [6.07, 6.45) is 2.48. The van der Waals surface area contributed by atoms with Gasteiger partial charge in [-0.2, -0.15) is 5.10 Å². The number of rotatable bonds is 2. The van der Waals surface area contributed by atoms with Crippen LogP contribution in [0.15, 0.2) is 12.1 Å². The van der Waals surface area contributed by atoms with Crippen molar-refractivity contribution in [1.29, 1.82) is 0 Å². The first-order chi connectivity index (χ1) is 7.27. The van der Waals surface area contributed by atoms with Crippen molar-refractivity contribution in [1.82, 2.24) is 15.5 Å². The predicted octanol–water partition coefficient (Wildman–Crippen LogP) is 0.973. The Labute approximate surface area is 90.7 Å². The summed E-state index contributed by atoms with van der Waals surface area (Å²) in [5.74, 6) is 0.967. The van der Waals surface area contributed by atoms with Crippen LogP contribution in [-0.4, -0.2) is 36.4 Å². The average molecular weight is 206 g/mol. The minimum Gasteiger partial charge on any atom is -0.354 e. The van der Waals surface area contributed by atoms with Crippen LogP contribution >= 0.6 is 0 Å². The second-order valence-electron chi connectivity index (χ2n) is 4.14. The third-order valence-corrected chi connectivity index (χ3v) is 2.96. The smallest absolute Gasteiger partial charge is 0.151 e. The van der Waals surface area contributed by atoms with Crippen molar-refractivity contribution in [3.05, 3.63) is 17.8 Å². The average Bonchev–Trinajstić information content (AvgIpc) is 2.30. The van der Waals surface area contributed by atoms with Crippen LogP contribution in [0.2, 0.25) is 0 Å². The van der Waals surface area contributed by atoms with Crippen LogP contribution in [0.25, 0.3) is 0 Å². The molecule has 4 heteroatoms. The van der Waals surface area contributed by atoms with Crippen LogP contribution in [0.1, 0.15) is 18.5 Å². The van der Waals surface area contributed by atoms with E-state index in [1.807, 2.05) is 19.1 Å². The maximum atomic E-state index is 4.20. The summed E-state index contributed by atoms with van der Waals surface area (Å²) in [6, 6.07) is 4.60. The quantitative estimate of drug-likeness (QED) is 0.783. The number of anilines is 1. The van der Waals surface area contributed by atoms with E-state index in [0.29, 0.717) is 6.04 Å². The third-order valence-electron chi connectivity index (χ3n) is 2.96. The van der Waals surface area contributed by atoms with Crippen LogP contribution < -0.4 is 10.2 Å². The third kappa shape index (κ3) is 2.45. The van der Waals surface area contributed by atoms with Crippen molar-refractivity contribution in [2.75, 3.05) is 25.0 Å². The molecule has 2 rings (SSSR count). The minimum atomic E-state index is 0.552. The number of aryl methyl sites for hydroxylation is 1. The fourth-order valence-electron chi connectivity index (χ4n) is 1.93. The molecule has 82 valence electrons. The largest absolute Gasteiger partial charge is 0.354 e. The minimum absolute atomic E-state index is 0.552. The molecule has 1 saturated heterocycles. The van der Waals surface area contributed by atoms with Gasteiger partial charge in [0.25, 0.3) is 0 Å². The summed E-state index contributed by atoms with van der Waals surface area (Å²) in [5, 5.41) is 11.7. The van der Waals surface area contributed by atoms with Crippen LogP contribution in [0.3, 0.4) is 0 Å². The van der Waals surface area contributed by atoms with Crippen molar-refractivity contribution < 1.29 is 0 Å². The lowest BCUT2D eigenvalue weighted by Crippen LogP contribution is -2.44. The maximum Gasteiger partial charge on any atom is 0.151 e. The molecule has 1 atom stereocenters. The fourth-order valence-corrected chi connectivity index (χ4v) is 1.93. The number of aromatic nitrogens is 2. The van der Waals surface area contributed by atoms with E-state index in [9.17, 15) is 0 Å². The van der Waals surface area contributed by atoms with Gasteiger partial charge in [-0.3, -0.25) is 0 Å². The van der Waals surface area contributed by atoms with E-state index in [2.05, 4.69) is 27.5 Å². The number of hydrogen-bond acceptors (Lipinski definition) is 4. The second kappa shape index (κ2) is 4.57. The summed E-state index contributed by atoms with van der Waals surface area (Å²) in [7, 11) is 2.09. The Hall–Kier alpha value is -1.16.